The maximum absolute atomic E-state index is 12.4. The molecule has 2 aliphatic heterocycles. The SMILES string of the molecule is Cc1cc(OC2CCCN(C(C)c3cnc4c(c3)OCCN4C(=O)OC(C)C)C2)cc(C)n1. The Bertz CT molecular complexity index is 976. The molecule has 0 radical (unpaired) electrons. The molecule has 2 unspecified atom stereocenters. The average Bonchev–Trinajstić information content (AvgIpc) is 2.76. The molecule has 1 amide bonds. The fraction of sp³-hybridized carbons (Fsp3) is 0.560. The molecule has 4 rings (SSSR count). The summed E-state index contributed by atoms with van der Waals surface area (Å²) < 4.78 is 17.5. The number of anilines is 1. The minimum atomic E-state index is -0.388. The Balaban J connectivity index is 1.45. The van der Waals surface area contributed by atoms with Crippen LogP contribution < -0.4 is 14.4 Å². The fourth-order valence-electron chi connectivity index (χ4n) is 4.47. The fourth-order valence-corrected chi connectivity index (χ4v) is 4.47. The van der Waals surface area contributed by atoms with Gasteiger partial charge >= 0.3 is 6.09 Å². The minimum absolute atomic E-state index is 0.130. The first-order chi connectivity index (χ1) is 15.8. The van der Waals surface area contributed by atoms with E-state index in [0.29, 0.717) is 24.7 Å². The van der Waals surface area contributed by atoms with Crippen molar-refractivity contribution in [1.29, 1.82) is 0 Å². The molecule has 33 heavy (non-hydrogen) atoms. The van der Waals surface area contributed by atoms with Gasteiger partial charge in [-0.15, -0.1) is 0 Å². The Hall–Kier alpha value is -2.87. The van der Waals surface area contributed by atoms with E-state index in [4.69, 9.17) is 14.2 Å². The summed E-state index contributed by atoms with van der Waals surface area (Å²) in [7, 11) is 0. The lowest BCUT2D eigenvalue weighted by molar-refractivity contribution is 0.0655. The summed E-state index contributed by atoms with van der Waals surface area (Å²) in [6.07, 6.45) is 3.50. The molecular weight excluding hydrogens is 420 g/mol. The lowest BCUT2D eigenvalue weighted by atomic mass is 10.0. The van der Waals surface area contributed by atoms with Crippen LogP contribution in [0.1, 0.15) is 56.6 Å². The van der Waals surface area contributed by atoms with Crippen molar-refractivity contribution in [2.75, 3.05) is 31.1 Å². The van der Waals surface area contributed by atoms with Gasteiger partial charge in [0.05, 0.1) is 12.6 Å². The van der Waals surface area contributed by atoms with Gasteiger partial charge in [0.2, 0.25) is 0 Å². The minimum Gasteiger partial charge on any atom is -0.489 e. The van der Waals surface area contributed by atoms with Crippen molar-refractivity contribution in [2.45, 2.75) is 65.7 Å². The van der Waals surface area contributed by atoms with Gasteiger partial charge in [0, 0.05) is 42.3 Å². The van der Waals surface area contributed by atoms with Crippen molar-refractivity contribution in [3.63, 3.8) is 0 Å². The van der Waals surface area contributed by atoms with Crippen LogP contribution in [0, 0.1) is 13.8 Å². The van der Waals surface area contributed by atoms with E-state index in [1.54, 1.807) is 4.90 Å². The van der Waals surface area contributed by atoms with Gasteiger partial charge in [0.15, 0.2) is 11.6 Å². The van der Waals surface area contributed by atoms with Crippen molar-refractivity contribution < 1.29 is 19.0 Å². The Kier molecular flexibility index (Phi) is 7.02. The number of aromatic nitrogens is 2. The topological polar surface area (TPSA) is 77.0 Å². The second-order valence-electron chi connectivity index (χ2n) is 9.16. The zero-order valence-electron chi connectivity index (χ0n) is 20.2. The molecule has 2 aromatic heterocycles. The van der Waals surface area contributed by atoms with E-state index in [1.807, 2.05) is 52.1 Å². The highest BCUT2D eigenvalue weighted by atomic mass is 16.6. The standard InChI is InChI=1S/C25H34N4O4/c1-16(2)32-25(30)29-9-10-31-23-13-20(14-26-24(23)29)19(5)28-8-6-7-21(15-28)33-22-11-17(3)27-18(4)12-22/h11-14,16,19,21H,6-10,15H2,1-5H3. The van der Waals surface area contributed by atoms with E-state index in [1.165, 1.54) is 0 Å². The average molecular weight is 455 g/mol. The molecule has 0 bridgehead atoms. The molecule has 0 saturated carbocycles. The van der Waals surface area contributed by atoms with Gasteiger partial charge < -0.3 is 14.2 Å². The highest BCUT2D eigenvalue weighted by Crippen LogP contribution is 2.34. The molecule has 2 atom stereocenters. The van der Waals surface area contributed by atoms with Crippen molar-refractivity contribution in [1.82, 2.24) is 14.9 Å². The van der Waals surface area contributed by atoms with E-state index in [0.717, 1.165) is 48.6 Å². The monoisotopic (exact) mass is 454 g/mol. The molecule has 2 aromatic rings. The van der Waals surface area contributed by atoms with E-state index >= 15 is 0 Å². The maximum atomic E-state index is 12.4. The molecule has 8 heteroatoms. The molecule has 0 N–H and O–H groups in total. The van der Waals surface area contributed by atoms with Gasteiger partial charge in [-0.3, -0.25) is 14.8 Å². The summed E-state index contributed by atoms with van der Waals surface area (Å²) in [5, 5.41) is 0. The normalized spacial score (nSPS) is 19.6. The van der Waals surface area contributed by atoms with E-state index in [-0.39, 0.29) is 24.3 Å². The van der Waals surface area contributed by atoms with Crippen molar-refractivity contribution in [3.05, 3.63) is 41.3 Å². The predicted molar refractivity (Wildman–Crippen MR) is 126 cm³/mol. The van der Waals surface area contributed by atoms with Gasteiger partial charge in [-0.1, -0.05) is 0 Å². The van der Waals surface area contributed by atoms with Gasteiger partial charge in [0.1, 0.15) is 18.5 Å². The lowest BCUT2D eigenvalue weighted by Crippen LogP contribution is -2.42. The molecule has 0 aliphatic carbocycles. The maximum Gasteiger partial charge on any atom is 0.415 e. The van der Waals surface area contributed by atoms with Crippen LogP contribution in [0.4, 0.5) is 10.6 Å². The third-order valence-corrected chi connectivity index (χ3v) is 6.04. The van der Waals surface area contributed by atoms with Crippen LogP contribution in [0.25, 0.3) is 0 Å². The van der Waals surface area contributed by atoms with Crippen LogP contribution in [0.5, 0.6) is 11.5 Å². The third-order valence-electron chi connectivity index (χ3n) is 6.04. The molecule has 8 nitrogen and oxygen atoms in total. The number of pyridine rings is 2. The summed E-state index contributed by atoms with van der Waals surface area (Å²) in [6, 6.07) is 6.14. The van der Waals surface area contributed by atoms with Crippen LogP contribution in [-0.2, 0) is 4.74 Å². The Morgan fingerprint density at radius 1 is 1.15 bits per heavy atom. The summed E-state index contributed by atoms with van der Waals surface area (Å²) >= 11 is 0. The smallest absolute Gasteiger partial charge is 0.415 e. The number of aryl methyl sites for hydroxylation is 2. The molecule has 178 valence electrons. The van der Waals surface area contributed by atoms with E-state index in [2.05, 4.69) is 21.8 Å². The molecule has 1 saturated heterocycles. The predicted octanol–water partition coefficient (Wildman–Crippen LogP) is 4.44. The second kappa shape index (κ2) is 9.95. The number of carbonyl (C=O) groups is 1. The van der Waals surface area contributed by atoms with Gasteiger partial charge in [-0.25, -0.2) is 9.78 Å². The third kappa shape index (κ3) is 5.55. The zero-order valence-corrected chi connectivity index (χ0v) is 20.2. The van der Waals surface area contributed by atoms with Crippen molar-refractivity contribution >= 4 is 11.9 Å². The number of amides is 1. The van der Waals surface area contributed by atoms with Crippen LogP contribution in [-0.4, -0.2) is 59.4 Å². The Morgan fingerprint density at radius 3 is 2.64 bits per heavy atom. The highest BCUT2D eigenvalue weighted by Gasteiger charge is 2.30. The number of ether oxygens (including phenoxy) is 3. The molecule has 0 spiro atoms. The Labute approximate surface area is 195 Å². The number of carbonyl (C=O) groups excluding carboxylic acids is 1. The largest absolute Gasteiger partial charge is 0.489 e. The van der Waals surface area contributed by atoms with E-state index in [9.17, 15) is 4.79 Å². The number of likely N-dealkylation sites (tertiary alicyclic amines) is 1. The number of hydrogen-bond donors (Lipinski definition) is 0. The van der Waals surface area contributed by atoms with Crippen LogP contribution in [0.15, 0.2) is 24.4 Å². The summed E-state index contributed by atoms with van der Waals surface area (Å²) in [6.45, 7) is 12.5. The van der Waals surface area contributed by atoms with Crippen LogP contribution in [0.3, 0.4) is 0 Å². The number of rotatable bonds is 5. The van der Waals surface area contributed by atoms with Crippen molar-refractivity contribution in [3.8, 4) is 11.5 Å². The molecule has 4 heterocycles. The number of fused-ring (bicyclic) bond motifs is 1. The first-order valence-corrected chi connectivity index (χ1v) is 11.8. The van der Waals surface area contributed by atoms with Gasteiger partial charge in [-0.2, -0.15) is 0 Å². The van der Waals surface area contributed by atoms with Crippen LogP contribution >= 0.6 is 0 Å². The van der Waals surface area contributed by atoms with Gasteiger partial charge in [0.25, 0.3) is 0 Å². The quantitative estimate of drug-likeness (QED) is 0.661. The number of hydrogen-bond acceptors (Lipinski definition) is 7. The van der Waals surface area contributed by atoms with Gasteiger partial charge in [-0.05, 0) is 65.6 Å². The second-order valence-corrected chi connectivity index (χ2v) is 9.16. The first-order valence-electron chi connectivity index (χ1n) is 11.8. The Morgan fingerprint density at radius 2 is 1.91 bits per heavy atom. The number of piperidine rings is 1. The van der Waals surface area contributed by atoms with Crippen molar-refractivity contribution in [2.24, 2.45) is 0 Å². The highest BCUT2D eigenvalue weighted by molar-refractivity contribution is 5.88. The van der Waals surface area contributed by atoms with Crippen LogP contribution in [0.2, 0.25) is 0 Å². The molecule has 0 aromatic carbocycles. The molecule has 1 fully saturated rings. The lowest BCUT2D eigenvalue weighted by Gasteiger charge is -2.37. The molecule has 2 aliphatic rings. The van der Waals surface area contributed by atoms with E-state index < -0.39 is 0 Å². The summed E-state index contributed by atoms with van der Waals surface area (Å²) in [5.74, 6) is 2.03. The zero-order chi connectivity index (χ0) is 23.5. The molecular formula is C25H34N4O4. The summed E-state index contributed by atoms with van der Waals surface area (Å²) in [4.78, 5) is 25.4. The number of nitrogens with zero attached hydrogens (tertiary/aromatic N) is 4. The summed E-state index contributed by atoms with van der Waals surface area (Å²) in [5.41, 5.74) is 3.00. The first kappa shape index (κ1) is 23.3.